The number of amides is 1. The number of hydrogen-bond acceptors (Lipinski definition) is 5. The van der Waals surface area contributed by atoms with Crippen LogP contribution in [0, 0.1) is 11.7 Å². The molecular formula is C15H21FN4O2. The summed E-state index contributed by atoms with van der Waals surface area (Å²) >= 11 is 0. The van der Waals surface area contributed by atoms with E-state index in [-0.39, 0.29) is 17.9 Å². The average molecular weight is 308 g/mol. The van der Waals surface area contributed by atoms with Crippen molar-refractivity contribution in [2.75, 3.05) is 31.2 Å². The van der Waals surface area contributed by atoms with Crippen molar-refractivity contribution in [3.05, 3.63) is 18.2 Å². The Morgan fingerprint density at radius 1 is 1.27 bits per heavy atom. The minimum Gasteiger partial charge on any atom is -0.381 e. The Balaban J connectivity index is 1.57. The number of anilines is 1. The van der Waals surface area contributed by atoms with Crippen LogP contribution in [0.4, 0.5) is 10.3 Å². The lowest BCUT2D eigenvalue weighted by atomic mass is 9.96. The summed E-state index contributed by atoms with van der Waals surface area (Å²) in [4.78, 5) is 22.4. The van der Waals surface area contributed by atoms with Gasteiger partial charge in [-0.1, -0.05) is 0 Å². The second kappa shape index (κ2) is 7.00. The molecule has 7 heteroatoms. The van der Waals surface area contributed by atoms with Crippen LogP contribution in [0.5, 0.6) is 0 Å². The highest BCUT2D eigenvalue weighted by Crippen LogP contribution is 2.21. The Bertz CT molecular complexity index is 505. The second-order valence-corrected chi connectivity index (χ2v) is 5.88. The molecule has 1 aromatic rings. The second-order valence-electron chi connectivity index (χ2n) is 5.88. The third kappa shape index (κ3) is 3.71. The Morgan fingerprint density at radius 2 is 2.00 bits per heavy atom. The van der Waals surface area contributed by atoms with Gasteiger partial charge < -0.3 is 15.0 Å². The van der Waals surface area contributed by atoms with E-state index in [1.807, 2.05) is 4.90 Å². The Hall–Kier alpha value is -1.76. The quantitative estimate of drug-likeness (QED) is 0.906. The molecule has 3 rings (SSSR count). The number of carbonyl (C=O) groups is 1. The SMILES string of the molecule is O=C(NC1CCOCC1)C1CCCN(c2ncc(F)cn2)C1. The van der Waals surface area contributed by atoms with Crippen LogP contribution in [0.3, 0.4) is 0 Å². The van der Waals surface area contributed by atoms with Gasteiger partial charge in [0.05, 0.1) is 18.3 Å². The van der Waals surface area contributed by atoms with E-state index in [4.69, 9.17) is 4.74 Å². The van der Waals surface area contributed by atoms with E-state index in [1.54, 1.807) is 0 Å². The maximum atomic E-state index is 12.9. The highest BCUT2D eigenvalue weighted by molar-refractivity contribution is 5.79. The lowest BCUT2D eigenvalue weighted by molar-refractivity contribution is -0.126. The van der Waals surface area contributed by atoms with Gasteiger partial charge in [0.1, 0.15) is 0 Å². The molecule has 0 saturated carbocycles. The summed E-state index contributed by atoms with van der Waals surface area (Å²) < 4.78 is 18.2. The van der Waals surface area contributed by atoms with Crippen LogP contribution in [-0.2, 0) is 9.53 Å². The number of hydrogen-bond donors (Lipinski definition) is 1. The van der Waals surface area contributed by atoms with Crippen molar-refractivity contribution in [3.8, 4) is 0 Å². The zero-order valence-electron chi connectivity index (χ0n) is 12.5. The smallest absolute Gasteiger partial charge is 0.225 e. The standard InChI is InChI=1S/C15H21FN4O2/c16-12-8-17-15(18-9-12)20-5-1-2-11(10-20)14(21)19-13-3-6-22-7-4-13/h8-9,11,13H,1-7,10H2,(H,19,21). The molecule has 0 bridgehead atoms. The monoisotopic (exact) mass is 308 g/mol. The molecule has 1 aromatic heterocycles. The minimum atomic E-state index is -0.449. The van der Waals surface area contributed by atoms with Crippen LogP contribution < -0.4 is 10.2 Å². The van der Waals surface area contributed by atoms with E-state index in [1.165, 1.54) is 0 Å². The molecule has 1 amide bonds. The molecule has 0 aliphatic carbocycles. The third-order valence-corrected chi connectivity index (χ3v) is 4.25. The van der Waals surface area contributed by atoms with E-state index >= 15 is 0 Å². The maximum absolute atomic E-state index is 12.9. The van der Waals surface area contributed by atoms with Crippen LogP contribution >= 0.6 is 0 Å². The zero-order valence-corrected chi connectivity index (χ0v) is 12.5. The van der Waals surface area contributed by atoms with Crippen LogP contribution in [0.25, 0.3) is 0 Å². The lowest BCUT2D eigenvalue weighted by Gasteiger charge is -2.33. The molecule has 1 N–H and O–H groups in total. The third-order valence-electron chi connectivity index (χ3n) is 4.25. The van der Waals surface area contributed by atoms with Gasteiger partial charge in [0.25, 0.3) is 0 Å². The fraction of sp³-hybridized carbons (Fsp3) is 0.667. The van der Waals surface area contributed by atoms with Gasteiger partial charge in [0.15, 0.2) is 5.82 Å². The van der Waals surface area contributed by atoms with E-state index in [0.717, 1.165) is 44.6 Å². The molecule has 0 aromatic carbocycles. The molecule has 1 unspecified atom stereocenters. The first-order valence-corrected chi connectivity index (χ1v) is 7.83. The summed E-state index contributed by atoms with van der Waals surface area (Å²) in [7, 11) is 0. The van der Waals surface area contributed by atoms with Gasteiger partial charge in [0, 0.05) is 32.3 Å². The van der Waals surface area contributed by atoms with Crippen molar-refractivity contribution in [1.29, 1.82) is 0 Å². The first-order chi connectivity index (χ1) is 10.7. The van der Waals surface area contributed by atoms with Crippen LogP contribution in [0.2, 0.25) is 0 Å². The normalized spacial score (nSPS) is 23.3. The molecule has 3 heterocycles. The molecule has 6 nitrogen and oxygen atoms in total. The average Bonchev–Trinajstić information content (AvgIpc) is 2.56. The highest BCUT2D eigenvalue weighted by Gasteiger charge is 2.28. The van der Waals surface area contributed by atoms with Gasteiger partial charge >= 0.3 is 0 Å². The molecule has 2 saturated heterocycles. The molecule has 1 atom stereocenters. The van der Waals surface area contributed by atoms with Gasteiger partial charge in [-0.25, -0.2) is 14.4 Å². The van der Waals surface area contributed by atoms with Crippen molar-refractivity contribution in [1.82, 2.24) is 15.3 Å². The van der Waals surface area contributed by atoms with Crippen molar-refractivity contribution in [2.24, 2.45) is 5.92 Å². The Kier molecular flexibility index (Phi) is 4.82. The number of ether oxygens (including phenoxy) is 1. The van der Waals surface area contributed by atoms with Gasteiger partial charge in [-0.2, -0.15) is 0 Å². The summed E-state index contributed by atoms with van der Waals surface area (Å²) in [5.41, 5.74) is 0. The number of rotatable bonds is 3. The molecule has 0 spiro atoms. The summed E-state index contributed by atoms with van der Waals surface area (Å²) in [6.07, 6.45) is 5.86. The molecule has 22 heavy (non-hydrogen) atoms. The number of nitrogens with one attached hydrogen (secondary N) is 1. The number of nitrogens with zero attached hydrogens (tertiary/aromatic N) is 3. The van der Waals surface area contributed by atoms with E-state index in [2.05, 4.69) is 15.3 Å². The molecular weight excluding hydrogens is 287 g/mol. The summed E-state index contributed by atoms with van der Waals surface area (Å²) in [5, 5.41) is 3.12. The number of aromatic nitrogens is 2. The van der Waals surface area contributed by atoms with Crippen molar-refractivity contribution >= 4 is 11.9 Å². The van der Waals surface area contributed by atoms with Crippen molar-refractivity contribution in [3.63, 3.8) is 0 Å². The summed E-state index contributed by atoms with van der Waals surface area (Å²) in [5.74, 6) is 0.0727. The van der Waals surface area contributed by atoms with Crippen LogP contribution in [-0.4, -0.2) is 48.2 Å². The molecule has 2 fully saturated rings. The first-order valence-electron chi connectivity index (χ1n) is 7.83. The summed E-state index contributed by atoms with van der Waals surface area (Å²) in [6, 6.07) is 0.221. The maximum Gasteiger partial charge on any atom is 0.225 e. The Morgan fingerprint density at radius 3 is 2.73 bits per heavy atom. The van der Waals surface area contributed by atoms with Crippen molar-refractivity contribution < 1.29 is 13.9 Å². The minimum absolute atomic E-state index is 0.0646. The number of carbonyl (C=O) groups excluding carboxylic acids is 1. The predicted molar refractivity (Wildman–Crippen MR) is 78.9 cm³/mol. The first kappa shape index (κ1) is 15.1. The predicted octanol–water partition coefficient (Wildman–Crippen LogP) is 1.13. The molecule has 120 valence electrons. The van der Waals surface area contributed by atoms with Gasteiger partial charge in [-0.3, -0.25) is 4.79 Å². The Labute approximate surface area is 129 Å². The van der Waals surface area contributed by atoms with Crippen LogP contribution in [0.1, 0.15) is 25.7 Å². The van der Waals surface area contributed by atoms with Gasteiger partial charge in [0.2, 0.25) is 11.9 Å². The van der Waals surface area contributed by atoms with E-state index in [0.29, 0.717) is 25.7 Å². The fourth-order valence-electron chi connectivity index (χ4n) is 3.00. The number of halogens is 1. The lowest BCUT2D eigenvalue weighted by Crippen LogP contribution is -2.47. The topological polar surface area (TPSA) is 67.3 Å². The van der Waals surface area contributed by atoms with E-state index < -0.39 is 5.82 Å². The zero-order chi connectivity index (χ0) is 15.4. The number of piperidine rings is 1. The highest BCUT2D eigenvalue weighted by atomic mass is 19.1. The molecule has 2 aliphatic rings. The fourth-order valence-corrected chi connectivity index (χ4v) is 3.00. The van der Waals surface area contributed by atoms with Gasteiger partial charge in [-0.15, -0.1) is 0 Å². The van der Waals surface area contributed by atoms with E-state index in [9.17, 15) is 9.18 Å². The van der Waals surface area contributed by atoms with Crippen LogP contribution in [0.15, 0.2) is 12.4 Å². The summed E-state index contributed by atoms with van der Waals surface area (Å²) in [6.45, 7) is 2.81. The molecule has 0 radical (unpaired) electrons. The van der Waals surface area contributed by atoms with Crippen molar-refractivity contribution in [2.45, 2.75) is 31.7 Å². The largest absolute Gasteiger partial charge is 0.381 e. The van der Waals surface area contributed by atoms with Gasteiger partial charge in [-0.05, 0) is 25.7 Å². The molecule has 2 aliphatic heterocycles.